The summed E-state index contributed by atoms with van der Waals surface area (Å²) in [7, 11) is 0. The SMILES string of the molecule is O=C(C1CC1)N1CCc2cc(N3CCCC3)ccc21. The Balaban J connectivity index is 1.60. The maximum Gasteiger partial charge on any atom is 0.230 e. The van der Waals surface area contributed by atoms with E-state index in [9.17, 15) is 4.79 Å². The van der Waals surface area contributed by atoms with Gasteiger partial charge in [-0.3, -0.25) is 4.79 Å². The van der Waals surface area contributed by atoms with Crippen LogP contribution >= 0.6 is 0 Å². The lowest BCUT2D eigenvalue weighted by Crippen LogP contribution is -2.30. The van der Waals surface area contributed by atoms with Crippen molar-refractivity contribution in [3.8, 4) is 0 Å². The summed E-state index contributed by atoms with van der Waals surface area (Å²) in [6.07, 6.45) is 5.83. The summed E-state index contributed by atoms with van der Waals surface area (Å²) in [5.74, 6) is 0.678. The predicted molar refractivity (Wildman–Crippen MR) is 76.7 cm³/mol. The molecule has 1 amide bonds. The number of benzene rings is 1. The topological polar surface area (TPSA) is 23.6 Å². The smallest absolute Gasteiger partial charge is 0.230 e. The van der Waals surface area contributed by atoms with Crippen LogP contribution in [0.4, 0.5) is 11.4 Å². The lowest BCUT2D eigenvalue weighted by Gasteiger charge is -2.20. The number of nitrogens with zero attached hydrogens (tertiary/aromatic N) is 2. The van der Waals surface area contributed by atoms with Gasteiger partial charge in [0.05, 0.1) is 0 Å². The minimum atomic E-state index is 0.323. The summed E-state index contributed by atoms with van der Waals surface area (Å²) in [4.78, 5) is 16.7. The fourth-order valence-corrected chi connectivity index (χ4v) is 3.34. The van der Waals surface area contributed by atoms with Gasteiger partial charge in [0.2, 0.25) is 5.91 Å². The van der Waals surface area contributed by atoms with Gasteiger partial charge in [0.25, 0.3) is 0 Å². The lowest BCUT2D eigenvalue weighted by molar-refractivity contribution is -0.119. The molecule has 0 atom stereocenters. The monoisotopic (exact) mass is 256 g/mol. The normalized spacial score (nSPS) is 21.9. The van der Waals surface area contributed by atoms with Gasteiger partial charge >= 0.3 is 0 Å². The Morgan fingerprint density at radius 3 is 2.63 bits per heavy atom. The molecule has 1 aliphatic carbocycles. The number of hydrogen-bond acceptors (Lipinski definition) is 2. The Kier molecular flexibility index (Phi) is 2.54. The highest BCUT2D eigenvalue weighted by atomic mass is 16.2. The van der Waals surface area contributed by atoms with Crippen LogP contribution in [0.5, 0.6) is 0 Å². The van der Waals surface area contributed by atoms with Crippen molar-refractivity contribution in [2.24, 2.45) is 5.92 Å². The van der Waals surface area contributed by atoms with Gasteiger partial charge < -0.3 is 9.80 Å². The first-order valence-electron chi connectivity index (χ1n) is 7.52. The molecule has 3 heteroatoms. The van der Waals surface area contributed by atoms with Crippen molar-refractivity contribution in [3.05, 3.63) is 23.8 Å². The highest BCUT2D eigenvalue weighted by Gasteiger charge is 2.36. The van der Waals surface area contributed by atoms with E-state index in [0.29, 0.717) is 11.8 Å². The summed E-state index contributed by atoms with van der Waals surface area (Å²) < 4.78 is 0. The molecule has 0 radical (unpaired) electrons. The molecular weight excluding hydrogens is 236 g/mol. The van der Waals surface area contributed by atoms with Crippen molar-refractivity contribution < 1.29 is 4.79 Å². The van der Waals surface area contributed by atoms with Crippen LogP contribution < -0.4 is 9.80 Å². The molecule has 4 rings (SSSR count). The zero-order valence-electron chi connectivity index (χ0n) is 11.3. The number of hydrogen-bond donors (Lipinski definition) is 0. The molecule has 2 fully saturated rings. The zero-order valence-corrected chi connectivity index (χ0v) is 11.3. The number of anilines is 2. The van der Waals surface area contributed by atoms with Crippen LogP contribution in [0, 0.1) is 5.92 Å². The maximum atomic E-state index is 12.2. The summed E-state index contributed by atoms with van der Waals surface area (Å²) in [6, 6.07) is 6.67. The van der Waals surface area contributed by atoms with Gasteiger partial charge in [-0.15, -0.1) is 0 Å². The minimum absolute atomic E-state index is 0.323. The molecule has 0 unspecified atom stereocenters. The van der Waals surface area contributed by atoms with E-state index in [2.05, 4.69) is 23.1 Å². The molecule has 19 heavy (non-hydrogen) atoms. The van der Waals surface area contributed by atoms with E-state index in [1.54, 1.807) is 0 Å². The number of carbonyl (C=O) groups is 1. The Labute approximate surface area is 114 Å². The molecule has 1 aromatic carbocycles. The van der Waals surface area contributed by atoms with Gasteiger partial charge in [-0.05, 0) is 55.9 Å². The fourth-order valence-electron chi connectivity index (χ4n) is 3.34. The van der Waals surface area contributed by atoms with Crippen molar-refractivity contribution in [2.75, 3.05) is 29.4 Å². The first-order chi connectivity index (χ1) is 9.33. The number of amides is 1. The molecule has 2 heterocycles. The molecule has 3 aliphatic rings. The number of fused-ring (bicyclic) bond motifs is 1. The van der Waals surface area contributed by atoms with Crippen LogP contribution in [0.1, 0.15) is 31.2 Å². The molecule has 0 bridgehead atoms. The van der Waals surface area contributed by atoms with Crippen molar-refractivity contribution in [2.45, 2.75) is 32.1 Å². The Bertz CT molecular complexity index is 515. The molecule has 3 nitrogen and oxygen atoms in total. The van der Waals surface area contributed by atoms with Crippen molar-refractivity contribution in [3.63, 3.8) is 0 Å². The number of carbonyl (C=O) groups excluding carboxylic acids is 1. The van der Waals surface area contributed by atoms with E-state index in [1.165, 1.54) is 42.9 Å². The molecule has 0 spiro atoms. The van der Waals surface area contributed by atoms with Crippen molar-refractivity contribution in [1.82, 2.24) is 0 Å². The highest BCUT2D eigenvalue weighted by molar-refractivity contribution is 5.98. The van der Waals surface area contributed by atoms with Crippen LogP contribution in [0.25, 0.3) is 0 Å². The first kappa shape index (κ1) is 11.3. The predicted octanol–water partition coefficient (Wildman–Crippen LogP) is 2.59. The first-order valence-corrected chi connectivity index (χ1v) is 7.52. The zero-order chi connectivity index (χ0) is 12.8. The fraction of sp³-hybridized carbons (Fsp3) is 0.562. The molecule has 0 N–H and O–H groups in total. The average Bonchev–Trinajstić information content (AvgIpc) is 2.99. The molecule has 1 aromatic rings. The van der Waals surface area contributed by atoms with E-state index in [4.69, 9.17) is 0 Å². The van der Waals surface area contributed by atoms with Gasteiger partial charge in [-0.1, -0.05) is 0 Å². The van der Waals surface area contributed by atoms with Crippen LogP contribution in [-0.2, 0) is 11.2 Å². The molecule has 0 aromatic heterocycles. The second kappa shape index (κ2) is 4.26. The molecule has 2 aliphatic heterocycles. The van der Waals surface area contributed by atoms with Crippen LogP contribution in [0.15, 0.2) is 18.2 Å². The van der Waals surface area contributed by atoms with E-state index in [1.807, 2.05) is 4.90 Å². The third kappa shape index (κ3) is 1.92. The summed E-state index contributed by atoms with van der Waals surface area (Å²) in [5.41, 5.74) is 3.87. The number of rotatable bonds is 2. The second-order valence-electron chi connectivity index (χ2n) is 6.02. The molecule has 100 valence electrons. The maximum absolute atomic E-state index is 12.2. The van der Waals surface area contributed by atoms with Crippen molar-refractivity contribution in [1.29, 1.82) is 0 Å². The Hall–Kier alpha value is -1.51. The van der Waals surface area contributed by atoms with Crippen LogP contribution in [-0.4, -0.2) is 25.5 Å². The third-order valence-electron chi connectivity index (χ3n) is 4.62. The van der Waals surface area contributed by atoms with E-state index >= 15 is 0 Å². The van der Waals surface area contributed by atoms with Gasteiger partial charge in [0.1, 0.15) is 0 Å². The third-order valence-corrected chi connectivity index (χ3v) is 4.62. The van der Waals surface area contributed by atoms with Gasteiger partial charge in [0.15, 0.2) is 0 Å². The van der Waals surface area contributed by atoms with E-state index < -0.39 is 0 Å². The summed E-state index contributed by atoms with van der Waals surface area (Å²) in [6.45, 7) is 3.25. The quantitative estimate of drug-likeness (QED) is 0.812. The molecular formula is C16H20N2O. The second-order valence-corrected chi connectivity index (χ2v) is 6.02. The Morgan fingerprint density at radius 2 is 1.89 bits per heavy atom. The molecule has 1 saturated heterocycles. The largest absolute Gasteiger partial charge is 0.372 e. The average molecular weight is 256 g/mol. The van der Waals surface area contributed by atoms with Crippen LogP contribution in [0.2, 0.25) is 0 Å². The minimum Gasteiger partial charge on any atom is -0.372 e. The van der Waals surface area contributed by atoms with Gasteiger partial charge in [-0.2, -0.15) is 0 Å². The molecule has 1 saturated carbocycles. The lowest BCUT2D eigenvalue weighted by atomic mass is 10.1. The van der Waals surface area contributed by atoms with E-state index in [0.717, 1.165) is 25.8 Å². The highest BCUT2D eigenvalue weighted by Crippen LogP contribution is 2.38. The standard InChI is InChI=1S/C16H20N2O/c19-16(12-3-4-12)18-10-7-13-11-14(5-6-15(13)18)17-8-1-2-9-17/h5-6,11-12H,1-4,7-10H2. The summed E-state index contributed by atoms with van der Waals surface area (Å²) in [5, 5.41) is 0. The van der Waals surface area contributed by atoms with Gasteiger partial charge in [-0.25, -0.2) is 0 Å². The van der Waals surface area contributed by atoms with E-state index in [-0.39, 0.29) is 0 Å². The summed E-state index contributed by atoms with van der Waals surface area (Å²) >= 11 is 0. The van der Waals surface area contributed by atoms with Crippen molar-refractivity contribution >= 4 is 17.3 Å². The Morgan fingerprint density at radius 1 is 1.11 bits per heavy atom. The van der Waals surface area contributed by atoms with Crippen LogP contribution in [0.3, 0.4) is 0 Å². The van der Waals surface area contributed by atoms with Gasteiger partial charge in [0, 0.05) is 36.9 Å².